The molecule has 2 amide bonds. The van der Waals surface area contributed by atoms with Crippen molar-refractivity contribution in [2.75, 3.05) is 33.7 Å². The summed E-state index contributed by atoms with van der Waals surface area (Å²) in [6.45, 7) is 3.48. The minimum absolute atomic E-state index is 0.450. The lowest BCUT2D eigenvalue weighted by Gasteiger charge is -2.25. The van der Waals surface area contributed by atoms with Crippen molar-refractivity contribution in [1.29, 1.82) is 0 Å². The molecular formula is C12H23N3O5. The van der Waals surface area contributed by atoms with Crippen molar-refractivity contribution in [3.05, 3.63) is 0 Å². The van der Waals surface area contributed by atoms with Crippen LogP contribution in [0.15, 0.2) is 0 Å². The van der Waals surface area contributed by atoms with Crippen LogP contribution in [0.3, 0.4) is 0 Å². The quantitative estimate of drug-likeness (QED) is 0.546. The zero-order chi connectivity index (χ0) is 15.7. The Labute approximate surface area is 118 Å². The van der Waals surface area contributed by atoms with Gasteiger partial charge in [0.05, 0.1) is 6.42 Å². The predicted molar refractivity (Wildman–Crippen MR) is 72.6 cm³/mol. The normalized spacial score (nSPS) is 12.0. The summed E-state index contributed by atoms with van der Waals surface area (Å²) in [5.41, 5.74) is 0. The van der Waals surface area contributed by atoms with Crippen LogP contribution in [0.2, 0.25) is 0 Å². The summed E-state index contributed by atoms with van der Waals surface area (Å²) in [4.78, 5) is 36.9. The Bertz CT molecular complexity index is 346. The molecule has 0 aromatic carbocycles. The Balaban J connectivity index is 4.61. The van der Waals surface area contributed by atoms with Gasteiger partial charge in [-0.15, -0.1) is 0 Å². The molecule has 0 unspecified atom stereocenters. The van der Waals surface area contributed by atoms with E-state index in [0.717, 1.165) is 6.42 Å². The highest BCUT2D eigenvalue weighted by Crippen LogP contribution is 1.98. The van der Waals surface area contributed by atoms with Gasteiger partial charge in [-0.3, -0.25) is 4.79 Å². The number of carbonyl (C=O) groups is 3. The van der Waals surface area contributed by atoms with Crippen LogP contribution in [0, 0.1) is 0 Å². The number of carbonyl (C=O) groups excluding carboxylic acids is 1. The van der Waals surface area contributed by atoms with Crippen molar-refractivity contribution >= 4 is 18.0 Å². The molecule has 0 saturated heterocycles. The highest BCUT2D eigenvalue weighted by Gasteiger charge is 2.25. The van der Waals surface area contributed by atoms with Gasteiger partial charge in [-0.1, -0.05) is 6.92 Å². The standard InChI is InChI=1S/C12H23N3O5/c1-4-5-15(7-6-14(2)3)12(20)13-9(11(18)19)8-10(16)17/h9H,4-8H2,1-3H3,(H,13,20)(H,16,17)(H,18,19)/t9-/m1/s1. The third kappa shape index (κ3) is 7.57. The maximum absolute atomic E-state index is 12.0. The largest absolute Gasteiger partial charge is 0.481 e. The first-order chi connectivity index (χ1) is 9.27. The van der Waals surface area contributed by atoms with E-state index in [0.29, 0.717) is 19.6 Å². The first-order valence-corrected chi connectivity index (χ1v) is 6.42. The Morgan fingerprint density at radius 2 is 1.70 bits per heavy atom. The second-order valence-electron chi connectivity index (χ2n) is 4.73. The van der Waals surface area contributed by atoms with Gasteiger partial charge < -0.3 is 25.3 Å². The van der Waals surface area contributed by atoms with Gasteiger partial charge in [0.1, 0.15) is 6.04 Å². The van der Waals surface area contributed by atoms with Gasteiger partial charge in [-0.25, -0.2) is 9.59 Å². The number of carboxylic acids is 2. The second kappa shape index (κ2) is 9.13. The monoisotopic (exact) mass is 289 g/mol. The number of likely N-dealkylation sites (N-methyl/N-ethyl adjacent to an activating group) is 1. The first-order valence-electron chi connectivity index (χ1n) is 6.42. The van der Waals surface area contributed by atoms with E-state index < -0.39 is 30.4 Å². The molecule has 8 nitrogen and oxygen atoms in total. The molecule has 0 aromatic rings. The molecule has 0 aliphatic heterocycles. The first kappa shape index (κ1) is 18.2. The number of hydrogen-bond donors (Lipinski definition) is 3. The van der Waals surface area contributed by atoms with E-state index in [9.17, 15) is 14.4 Å². The number of hydrogen-bond acceptors (Lipinski definition) is 4. The lowest BCUT2D eigenvalue weighted by atomic mass is 10.2. The summed E-state index contributed by atoms with van der Waals surface area (Å²) in [7, 11) is 3.74. The van der Waals surface area contributed by atoms with E-state index >= 15 is 0 Å². The number of aliphatic carboxylic acids is 2. The molecule has 0 aliphatic carbocycles. The van der Waals surface area contributed by atoms with E-state index in [-0.39, 0.29) is 0 Å². The minimum atomic E-state index is -1.42. The summed E-state index contributed by atoms with van der Waals surface area (Å²) >= 11 is 0. The molecule has 0 radical (unpaired) electrons. The molecule has 0 saturated carbocycles. The van der Waals surface area contributed by atoms with E-state index in [2.05, 4.69) is 5.32 Å². The fourth-order valence-electron chi connectivity index (χ4n) is 1.52. The van der Waals surface area contributed by atoms with Crippen molar-refractivity contribution in [1.82, 2.24) is 15.1 Å². The molecule has 116 valence electrons. The lowest BCUT2D eigenvalue weighted by molar-refractivity contribution is -0.145. The van der Waals surface area contributed by atoms with Crippen LogP contribution < -0.4 is 5.32 Å². The zero-order valence-electron chi connectivity index (χ0n) is 12.1. The topological polar surface area (TPSA) is 110 Å². The van der Waals surface area contributed by atoms with Crippen LogP contribution in [-0.2, 0) is 9.59 Å². The van der Waals surface area contributed by atoms with Crippen molar-refractivity contribution in [3.63, 3.8) is 0 Å². The smallest absolute Gasteiger partial charge is 0.326 e. The maximum Gasteiger partial charge on any atom is 0.326 e. The van der Waals surface area contributed by atoms with Crippen molar-refractivity contribution in [2.45, 2.75) is 25.8 Å². The second-order valence-corrected chi connectivity index (χ2v) is 4.73. The van der Waals surface area contributed by atoms with Gasteiger partial charge in [0.2, 0.25) is 0 Å². The van der Waals surface area contributed by atoms with E-state index in [4.69, 9.17) is 10.2 Å². The highest BCUT2D eigenvalue weighted by atomic mass is 16.4. The summed E-state index contributed by atoms with van der Waals surface area (Å²) in [6.07, 6.45) is 0.0895. The van der Waals surface area contributed by atoms with Crippen molar-refractivity contribution in [3.8, 4) is 0 Å². The van der Waals surface area contributed by atoms with Gasteiger partial charge in [0, 0.05) is 19.6 Å². The third-order valence-corrected chi connectivity index (χ3v) is 2.57. The Kier molecular flexibility index (Phi) is 8.30. The van der Waals surface area contributed by atoms with Crippen LogP contribution >= 0.6 is 0 Å². The van der Waals surface area contributed by atoms with Crippen LogP contribution in [-0.4, -0.2) is 77.8 Å². The van der Waals surface area contributed by atoms with Gasteiger partial charge in [-0.05, 0) is 20.5 Å². The number of amides is 2. The van der Waals surface area contributed by atoms with E-state index in [1.807, 2.05) is 25.9 Å². The fraction of sp³-hybridized carbons (Fsp3) is 0.750. The van der Waals surface area contributed by atoms with Crippen LogP contribution in [0.5, 0.6) is 0 Å². The fourth-order valence-corrected chi connectivity index (χ4v) is 1.52. The van der Waals surface area contributed by atoms with Crippen LogP contribution in [0.4, 0.5) is 4.79 Å². The third-order valence-electron chi connectivity index (χ3n) is 2.57. The Morgan fingerprint density at radius 1 is 1.10 bits per heavy atom. The predicted octanol–water partition coefficient (Wildman–Crippen LogP) is -0.102. The molecule has 1 atom stereocenters. The molecular weight excluding hydrogens is 266 g/mol. The highest BCUT2D eigenvalue weighted by molar-refractivity contribution is 5.86. The van der Waals surface area contributed by atoms with Crippen LogP contribution in [0.1, 0.15) is 19.8 Å². The van der Waals surface area contributed by atoms with Gasteiger partial charge in [0.15, 0.2) is 0 Å². The number of carboxylic acid groups (broad SMARTS) is 2. The van der Waals surface area contributed by atoms with Gasteiger partial charge in [0.25, 0.3) is 0 Å². The maximum atomic E-state index is 12.0. The summed E-state index contributed by atoms with van der Waals surface area (Å²) in [5.74, 6) is -2.63. The van der Waals surface area contributed by atoms with Crippen molar-refractivity contribution < 1.29 is 24.6 Å². The summed E-state index contributed by atoms with van der Waals surface area (Å²) < 4.78 is 0. The molecule has 0 aromatic heterocycles. The number of nitrogens with zero attached hydrogens (tertiary/aromatic N) is 2. The lowest BCUT2D eigenvalue weighted by Crippen LogP contribution is -2.50. The molecule has 8 heteroatoms. The van der Waals surface area contributed by atoms with E-state index in [1.165, 1.54) is 4.90 Å². The molecule has 0 bridgehead atoms. The summed E-state index contributed by atoms with van der Waals surface area (Å²) in [5, 5.41) is 19.8. The average molecular weight is 289 g/mol. The molecule has 20 heavy (non-hydrogen) atoms. The van der Waals surface area contributed by atoms with Crippen LogP contribution in [0.25, 0.3) is 0 Å². The van der Waals surface area contributed by atoms with E-state index in [1.54, 1.807) is 0 Å². The molecule has 0 spiro atoms. The number of nitrogens with one attached hydrogen (secondary N) is 1. The molecule has 0 fully saturated rings. The molecule has 0 aliphatic rings. The average Bonchev–Trinajstić information content (AvgIpc) is 2.32. The minimum Gasteiger partial charge on any atom is -0.481 e. The molecule has 0 heterocycles. The Morgan fingerprint density at radius 3 is 2.10 bits per heavy atom. The molecule has 3 N–H and O–H groups in total. The van der Waals surface area contributed by atoms with Gasteiger partial charge >= 0.3 is 18.0 Å². The summed E-state index contributed by atoms with van der Waals surface area (Å²) in [6, 6.07) is -1.97. The van der Waals surface area contributed by atoms with Gasteiger partial charge in [-0.2, -0.15) is 0 Å². The van der Waals surface area contributed by atoms with Crippen molar-refractivity contribution in [2.24, 2.45) is 0 Å². The molecule has 0 rings (SSSR count). The SMILES string of the molecule is CCCN(CCN(C)C)C(=O)N[C@H](CC(=O)O)C(=O)O. The Hall–Kier alpha value is -1.83. The number of urea groups is 1. The zero-order valence-corrected chi connectivity index (χ0v) is 12.1. The number of rotatable bonds is 9.